The molecule has 3 rings (SSSR count). The number of hydrogen-bond acceptors (Lipinski definition) is 5. The highest BCUT2D eigenvalue weighted by Gasteiger charge is 2.25. The molecule has 2 heterocycles. The van der Waals surface area contributed by atoms with Crippen LogP contribution in [0.4, 0.5) is 5.82 Å². The van der Waals surface area contributed by atoms with Gasteiger partial charge in [0.25, 0.3) is 0 Å². The summed E-state index contributed by atoms with van der Waals surface area (Å²) in [7, 11) is 1.73. The molecule has 1 saturated heterocycles. The van der Waals surface area contributed by atoms with Gasteiger partial charge in [0.05, 0.1) is 29.9 Å². The van der Waals surface area contributed by atoms with Gasteiger partial charge in [0, 0.05) is 31.2 Å². The molecule has 0 radical (unpaired) electrons. The van der Waals surface area contributed by atoms with Crippen LogP contribution in [0, 0.1) is 5.92 Å². The molecule has 0 aliphatic carbocycles. The first-order chi connectivity index (χ1) is 10.3. The summed E-state index contributed by atoms with van der Waals surface area (Å²) in [5.41, 5.74) is 1.63. The van der Waals surface area contributed by atoms with Gasteiger partial charge in [-0.15, -0.1) is 0 Å². The summed E-state index contributed by atoms with van der Waals surface area (Å²) < 4.78 is 10.9. The van der Waals surface area contributed by atoms with E-state index in [9.17, 15) is 0 Å². The summed E-state index contributed by atoms with van der Waals surface area (Å²) in [4.78, 5) is 8.93. The fourth-order valence-electron chi connectivity index (χ4n) is 2.55. The summed E-state index contributed by atoms with van der Waals surface area (Å²) in [6.45, 7) is 2.24. The van der Waals surface area contributed by atoms with E-state index in [0.29, 0.717) is 17.5 Å². The fourth-order valence-corrected chi connectivity index (χ4v) is 2.72. The zero-order valence-electron chi connectivity index (χ0n) is 11.9. The molecule has 5 nitrogen and oxygen atoms in total. The summed E-state index contributed by atoms with van der Waals surface area (Å²) >= 11 is 5.94. The number of nitrogens with one attached hydrogen (secondary N) is 1. The number of aromatic nitrogens is 2. The van der Waals surface area contributed by atoms with Crippen LogP contribution in [0.15, 0.2) is 24.4 Å². The van der Waals surface area contributed by atoms with Crippen molar-refractivity contribution in [3.8, 4) is 0 Å². The Kier molecular flexibility index (Phi) is 4.53. The van der Waals surface area contributed by atoms with Crippen molar-refractivity contribution in [1.82, 2.24) is 9.97 Å². The highest BCUT2D eigenvalue weighted by molar-refractivity contribution is 6.31. The quantitative estimate of drug-likeness (QED) is 0.941. The van der Waals surface area contributed by atoms with Crippen molar-refractivity contribution in [2.75, 3.05) is 32.2 Å². The Bertz CT molecular complexity index is 623. The Balaban J connectivity index is 1.68. The maximum absolute atomic E-state index is 5.94. The molecule has 1 aromatic heterocycles. The average Bonchev–Trinajstić information content (AvgIpc) is 2.53. The van der Waals surface area contributed by atoms with E-state index in [4.69, 9.17) is 21.1 Å². The number of ether oxygens (including phenoxy) is 2. The minimum Gasteiger partial charge on any atom is -0.379 e. The highest BCUT2D eigenvalue weighted by Crippen LogP contribution is 2.20. The van der Waals surface area contributed by atoms with Crippen molar-refractivity contribution in [2.45, 2.75) is 12.5 Å². The first-order valence-corrected chi connectivity index (χ1v) is 7.41. The number of hydrogen-bond donors (Lipinski definition) is 1. The molecule has 1 fully saturated rings. The Morgan fingerprint density at radius 2 is 2.33 bits per heavy atom. The molecule has 21 heavy (non-hydrogen) atoms. The number of anilines is 1. The molecular weight excluding hydrogens is 290 g/mol. The van der Waals surface area contributed by atoms with Crippen LogP contribution in [0.25, 0.3) is 11.0 Å². The molecule has 0 amide bonds. The van der Waals surface area contributed by atoms with Gasteiger partial charge in [0.15, 0.2) is 0 Å². The van der Waals surface area contributed by atoms with Gasteiger partial charge in [-0.2, -0.15) is 0 Å². The summed E-state index contributed by atoms with van der Waals surface area (Å²) in [5.74, 6) is 1.19. The molecular formula is C15H18ClN3O2. The van der Waals surface area contributed by atoms with Gasteiger partial charge in [0.2, 0.25) is 0 Å². The van der Waals surface area contributed by atoms with Gasteiger partial charge >= 0.3 is 0 Å². The smallest absolute Gasteiger partial charge is 0.145 e. The zero-order chi connectivity index (χ0) is 14.7. The van der Waals surface area contributed by atoms with Gasteiger partial charge in [-0.3, -0.25) is 4.98 Å². The molecule has 1 aliphatic heterocycles. The number of halogens is 1. The standard InChI is InChI=1S/C15H18ClN3O2/c1-20-14-9-21-5-4-10(14)7-18-15-8-17-13-6-11(16)2-3-12(13)19-15/h2-3,6,8,10,14H,4-5,7,9H2,1H3,(H,18,19). The SMILES string of the molecule is COC1COCCC1CNc1cnc2cc(Cl)ccc2n1. The van der Waals surface area contributed by atoms with Crippen molar-refractivity contribution < 1.29 is 9.47 Å². The van der Waals surface area contributed by atoms with E-state index in [0.717, 1.165) is 36.4 Å². The fraction of sp³-hybridized carbons (Fsp3) is 0.467. The van der Waals surface area contributed by atoms with E-state index in [1.165, 1.54) is 0 Å². The van der Waals surface area contributed by atoms with Crippen LogP contribution < -0.4 is 5.32 Å². The predicted molar refractivity (Wildman–Crippen MR) is 82.8 cm³/mol. The monoisotopic (exact) mass is 307 g/mol. The van der Waals surface area contributed by atoms with Crippen molar-refractivity contribution in [3.05, 3.63) is 29.4 Å². The van der Waals surface area contributed by atoms with Crippen molar-refractivity contribution in [2.24, 2.45) is 5.92 Å². The van der Waals surface area contributed by atoms with E-state index < -0.39 is 0 Å². The van der Waals surface area contributed by atoms with E-state index in [2.05, 4.69) is 15.3 Å². The third kappa shape index (κ3) is 3.43. The highest BCUT2D eigenvalue weighted by atomic mass is 35.5. The maximum Gasteiger partial charge on any atom is 0.145 e. The zero-order valence-corrected chi connectivity index (χ0v) is 12.6. The second-order valence-corrected chi connectivity index (χ2v) is 5.60. The van der Waals surface area contributed by atoms with Crippen LogP contribution in [0.1, 0.15) is 6.42 Å². The normalized spacial score (nSPS) is 22.4. The molecule has 2 unspecified atom stereocenters. The van der Waals surface area contributed by atoms with Crippen LogP contribution >= 0.6 is 11.6 Å². The summed E-state index contributed by atoms with van der Waals surface area (Å²) in [6.07, 6.45) is 2.86. The molecule has 0 bridgehead atoms. The van der Waals surface area contributed by atoms with Crippen LogP contribution in [0.5, 0.6) is 0 Å². The molecule has 2 aromatic rings. The second-order valence-electron chi connectivity index (χ2n) is 5.17. The topological polar surface area (TPSA) is 56.3 Å². The minimum absolute atomic E-state index is 0.137. The van der Waals surface area contributed by atoms with E-state index in [-0.39, 0.29) is 6.10 Å². The lowest BCUT2D eigenvalue weighted by Gasteiger charge is -2.30. The Morgan fingerprint density at radius 3 is 3.19 bits per heavy atom. The first-order valence-electron chi connectivity index (χ1n) is 7.03. The number of fused-ring (bicyclic) bond motifs is 1. The molecule has 2 atom stereocenters. The van der Waals surface area contributed by atoms with Gasteiger partial charge in [0.1, 0.15) is 5.82 Å². The molecule has 1 aromatic carbocycles. The van der Waals surface area contributed by atoms with E-state index in [1.807, 2.05) is 18.2 Å². The summed E-state index contributed by atoms with van der Waals surface area (Å²) in [5, 5.41) is 4.01. The maximum atomic E-state index is 5.94. The van der Waals surface area contributed by atoms with Gasteiger partial charge in [-0.05, 0) is 24.6 Å². The van der Waals surface area contributed by atoms with Crippen molar-refractivity contribution >= 4 is 28.5 Å². The third-order valence-corrected chi connectivity index (χ3v) is 4.03. The van der Waals surface area contributed by atoms with E-state index >= 15 is 0 Å². The summed E-state index contributed by atoms with van der Waals surface area (Å²) in [6, 6.07) is 5.51. The first kappa shape index (κ1) is 14.5. The van der Waals surface area contributed by atoms with Crippen LogP contribution in [-0.4, -0.2) is 42.9 Å². The number of nitrogens with zero attached hydrogens (tertiary/aromatic N) is 2. The molecule has 0 saturated carbocycles. The van der Waals surface area contributed by atoms with Crippen LogP contribution in [0.2, 0.25) is 5.02 Å². The Hall–Kier alpha value is -1.43. The lowest BCUT2D eigenvalue weighted by atomic mass is 9.97. The molecule has 1 N–H and O–H groups in total. The Labute approximate surface area is 128 Å². The van der Waals surface area contributed by atoms with E-state index in [1.54, 1.807) is 13.3 Å². The lowest BCUT2D eigenvalue weighted by molar-refractivity contribution is -0.0615. The van der Waals surface area contributed by atoms with Crippen LogP contribution in [0.3, 0.4) is 0 Å². The van der Waals surface area contributed by atoms with Crippen molar-refractivity contribution in [3.63, 3.8) is 0 Å². The van der Waals surface area contributed by atoms with Gasteiger partial charge in [-0.1, -0.05) is 11.6 Å². The number of rotatable bonds is 4. The van der Waals surface area contributed by atoms with Crippen molar-refractivity contribution in [1.29, 1.82) is 0 Å². The molecule has 1 aliphatic rings. The Morgan fingerprint density at radius 1 is 1.43 bits per heavy atom. The molecule has 112 valence electrons. The largest absolute Gasteiger partial charge is 0.379 e. The van der Waals surface area contributed by atoms with Crippen LogP contribution in [-0.2, 0) is 9.47 Å². The lowest BCUT2D eigenvalue weighted by Crippen LogP contribution is -2.37. The predicted octanol–water partition coefficient (Wildman–Crippen LogP) is 2.75. The third-order valence-electron chi connectivity index (χ3n) is 3.79. The molecule has 0 spiro atoms. The molecule has 6 heteroatoms. The number of benzene rings is 1. The average molecular weight is 308 g/mol. The minimum atomic E-state index is 0.137. The van der Waals surface area contributed by atoms with Gasteiger partial charge in [-0.25, -0.2) is 4.98 Å². The second kappa shape index (κ2) is 6.56. The van der Waals surface area contributed by atoms with Gasteiger partial charge < -0.3 is 14.8 Å². The number of methoxy groups -OCH3 is 1.